The highest BCUT2D eigenvalue weighted by Crippen LogP contribution is 2.52. The second-order valence-corrected chi connectivity index (χ2v) is 7.14. The van der Waals surface area contributed by atoms with Gasteiger partial charge in [0.2, 0.25) is 0 Å². The number of fused-ring (bicyclic) bond motifs is 1. The maximum atomic E-state index is 12.9. The van der Waals surface area contributed by atoms with E-state index in [-0.39, 0.29) is 11.3 Å². The summed E-state index contributed by atoms with van der Waals surface area (Å²) < 4.78 is 12.9. The second-order valence-electron chi connectivity index (χ2n) is 6.20. The van der Waals surface area contributed by atoms with Gasteiger partial charge in [-0.25, -0.2) is 9.37 Å². The number of benzene rings is 1. The third-order valence-electron chi connectivity index (χ3n) is 4.23. The molecule has 1 aliphatic carbocycles. The van der Waals surface area contributed by atoms with E-state index in [0.29, 0.717) is 5.82 Å². The van der Waals surface area contributed by atoms with Crippen LogP contribution in [0.15, 0.2) is 41.4 Å². The Bertz CT molecular complexity index is 670. The van der Waals surface area contributed by atoms with Crippen LogP contribution in [0.4, 0.5) is 10.2 Å². The van der Waals surface area contributed by atoms with Crippen LogP contribution >= 0.6 is 11.8 Å². The number of nitrogens with zero attached hydrogens (tertiary/aromatic N) is 1. The number of hydrogen-bond donors (Lipinski definition) is 1. The van der Waals surface area contributed by atoms with Crippen LogP contribution in [-0.2, 0) is 6.42 Å². The quantitative estimate of drug-likeness (QED) is 0.854. The third-order valence-corrected chi connectivity index (χ3v) is 5.00. The molecule has 0 radical (unpaired) electrons. The number of halogens is 1. The molecule has 0 amide bonds. The minimum absolute atomic E-state index is 0.0904. The van der Waals surface area contributed by atoms with E-state index in [0.717, 1.165) is 16.9 Å². The zero-order valence-corrected chi connectivity index (χ0v) is 13.1. The molecule has 1 aromatic heterocycles. The van der Waals surface area contributed by atoms with Crippen molar-refractivity contribution in [3.8, 4) is 0 Å². The summed E-state index contributed by atoms with van der Waals surface area (Å²) in [5.74, 6) is 0.676. The first-order chi connectivity index (χ1) is 10.0. The Kier molecular flexibility index (Phi) is 3.66. The van der Waals surface area contributed by atoms with Gasteiger partial charge in [-0.15, -0.1) is 0 Å². The Morgan fingerprint density at radius 3 is 2.86 bits per heavy atom. The zero-order chi connectivity index (χ0) is 15.0. The number of aromatic nitrogens is 1. The first kappa shape index (κ1) is 14.4. The zero-order valence-electron chi connectivity index (χ0n) is 12.3. The molecule has 1 aliphatic rings. The SMILES string of the molecule is CC1(C)Cc2ccccc2C1c1cnc(N)cc1SCF. The van der Waals surface area contributed by atoms with Gasteiger partial charge in [-0.1, -0.05) is 49.9 Å². The van der Waals surface area contributed by atoms with E-state index in [1.807, 2.05) is 6.20 Å². The van der Waals surface area contributed by atoms with E-state index in [2.05, 4.69) is 43.1 Å². The molecule has 2 N–H and O–H groups in total. The lowest BCUT2D eigenvalue weighted by Gasteiger charge is -2.29. The van der Waals surface area contributed by atoms with Crippen molar-refractivity contribution in [1.29, 1.82) is 0 Å². The average Bonchev–Trinajstić information content (AvgIpc) is 2.70. The molecule has 1 aromatic carbocycles. The normalized spacial score (nSPS) is 19.5. The van der Waals surface area contributed by atoms with Gasteiger partial charge in [0.25, 0.3) is 0 Å². The van der Waals surface area contributed by atoms with E-state index in [1.54, 1.807) is 6.07 Å². The van der Waals surface area contributed by atoms with Gasteiger partial charge in [0.05, 0.1) is 0 Å². The number of nitrogen functional groups attached to an aromatic ring is 1. The highest BCUT2D eigenvalue weighted by atomic mass is 32.2. The fourth-order valence-electron chi connectivity index (χ4n) is 3.44. The smallest absolute Gasteiger partial charge is 0.139 e. The first-order valence-electron chi connectivity index (χ1n) is 7.05. The molecule has 0 bridgehead atoms. The van der Waals surface area contributed by atoms with Crippen molar-refractivity contribution in [3.63, 3.8) is 0 Å². The van der Waals surface area contributed by atoms with Gasteiger partial charge in [-0.2, -0.15) is 0 Å². The maximum absolute atomic E-state index is 12.9. The summed E-state index contributed by atoms with van der Waals surface area (Å²) >= 11 is 1.19. The van der Waals surface area contributed by atoms with Crippen molar-refractivity contribution >= 4 is 17.6 Å². The van der Waals surface area contributed by atoms with Crippen molar-refractivity contribution in [2.45, 2.75) is 31.1 Å². The Balaban J connectivity index is 2.15. The molecule has 2 nitrogen and oxygen atoms in total. The number of thioether (sulfide) groups is 1. The van der Waals surface area contributed by atoms with Gasteiger partial charge >= 0.3 is 0 Å². The van der Waals surface area contributed by atoms with Crippen LogP contribution in [0.1, 0.15) is 36.5 Å². The van der Waals surface area contributed by atoms with Crippen LogP contribution in [0, 0.1) is 5.41 Å². The minimum atomic E-state index is -0.453. The van der Waals surface area contributed by atoms with E-state index in [9.17, 15) is 4.39 Å². The lowest BCUT2D eigenvalue weighted by atomic mass is 9.76. The monoisotopic (exact) mass is 302 g/mol. The van der Waals surface area contributed by atoms with E-state index < -0.39 is 6.01 Å². The first-order valence-corrected chi connectivity index (χ1v) is 8.03. The molecule has 3 rings (SSSR count). The van der Waals surface area contributed by atoms with Crippen LogP contribution in [0.2, 0.25) is 0 Å². The molecule has 1 atom stereocenters. The molecule has 4 heteroatoms. The molecule has 1 heterocycles. The summed E-state index contributed by atoms with van der Waals surface area (Å²) in [6.45, 7) is 4.52. The largest absolute Gasteiger partial charge is 0.384 e. The number of pyridine rings is 1. The summed E-state index contributed by atoms with van der Waals surface area (Å²) in [6, 6.07) is 9.84. The van der Waals surface area contributed by atoms with Crippen molar-refractivity contribution in [2.75, 3.05) is 11.7 Å². The van der Waals surface area contributed by atoms with Crippen molar-refractivity contribution in [3.05, 3.63) is 53.2 Å². The topological polar surface area (TPSA) is 38.9 Å². The summed E-state index contributed by atoms with van der Waals surface area (Å²) in [5.41, 5.74) is 9.65. The van der Waals surface area contributed by atoms with E-state index in [4.69, 9.17) is 5.73 Å². The molecule has 0 spiro atoms. The lowest BCUT2D eigenvalue weighted by Crippen LogP contribution is -2.19. The van der Waals surface area contributed by atoms with Gasteiger partial charge in [0.1, 0.15) is 11.8 Å². The summed E-state index contributed by atoms with van der Waals surface area (Å²) in [5, 5.41) is 0. The highest BCUT2D eigenvalue weighted by Gasteiger charge is 2.40. The predicted molar refractivity (Wildman–Crippen MR) is 86.3 cm³/mol. The van der Waals surface area contributed by atoms with E-state index >= 15 is 0 Å². The van der Waals surface area contributed by atoms with Crippen LogP contribution in [0.5, 0.6) is 0 Å². The predicted octanol–water partition coefficient (Wildman–Crippen LogP) is 4.40. The van der Waals surface area contributed by atoms with Gasteiger partial charge in [-0.05, 0) is 34.6 Å². The molecular formula is C17H19FN2S. The van der Waals surface area contributed by atoms with Gasteiger partial charge < -0.3 is 5.73 Å². The van der Waals surface area contributed by atoms with Crippen LogP contribution in [0.25, 0.3) is 0 Å². The number of anilines is 1. The Morgan fingerprint density at radius 2 is 2.10 bits per heavy atom. The van der Waals surface area contributed by atoms with Crippen LogP contribution < -0.4 is 5.73 Å². The lowest BCUT2D eigenvalue weighted by molar-refractivity contribution is 0.344. The van der Waals surface area contributed by atoms with Gasteiger partial charge in [0.15, 0.2) is 0 Å². The Labute approximate surface area is 129 Å². The molecular weight excluding hydrogens is 283 g/mol. The summed E-state index contributed by atoms with van der Waals surface area (Å²) in [7, 11) is 0. The van der Waals surface area contributed by atoms with Gasteiger partial charge in [0, 0.05) is 17.0 Å². The highest BCUT2D eigenvalue weighted by molar-refractivity contribution is 7.99. The average molecular weight is 302 g/mol. The van der Waals surface area contributed by atoms with Crippen molar-refractivity contribution < 1.29 is 4.39 Å². The number of alkyl halides is 1. The number of nitrogens with two attached hydrogens (primary N) is 1. The number of rotatable bonds is 3. The van der Waals surface area contributed by atoms with Crippen LogP contribution in [-0.4, -0.2) is 11.0 Å². The van der Waals surface area contributed by atoms with Gasteiger partial charge in [-0.3, -0.25) is 0 Å². The Morgan fingerprint density at radius 1 is 1.33 bits per heavy atom. The molecule has 2 aromatic rings. The summed E-state index contributed by atoms with van der Waals surface area (Å²) in [4.78, 5) is 5.15. The number of hydrogen-bond acceptors (Lipinski definition) is 3. The Hall–Kier alpha value is -1.55. The molecule has 21 heavy (non-hydrogen) atoms. The second kappa shape index (κ2) is 5.34. The van der Waals surface area contributed by atoms with Crippen LogP contribution in [0.3, 0.4) is 0 Å². The summed E-state index contributed by atoms with van der Waals surface area (Å²) in [6.07, 6.45) is 2.85. The molecule has 0 saturated carbocycles. The molecule has 0 saturated heterocycles. The minimum Gasteiger partial charge on any atom is -0.384 e. The fraction of sp³-hybridized carbons (Fsp3) is 0.353. The third kappa shape index (κ3) is 2.53. The molecule has 0 aliphatic heterocycles. The maximum Gasteiger partial charge on any atom is 0.139 e. The fourth-order valence-corrected chi connectivity index (χ4v) is 4.10. The van der Waals surface area contributed by atoms with Crippen molar-refractivity contribution in [2.24, 2.45) is 5.41 Å². The molecule has 1 unspecified atom stereocenters. The molecule has 110 valence electrons. The molecule has 0 fully saturated rings. The van der Waals surface area contributed by atoms with E-state index in [1.165, 1.54) is 22.9 Å². The van der Waals surface area contributed by atoms with Crippen molar-refractivity contribution in [1.82, 2.24) is 4.98 Å². The standard InChI is InChI=1S/C17H19FN2S/c1-17(2)8-11-5-3-4-6-12(11)16(17)13-9-20-15(19)7-14(13)21-10-18/h3-7,9,16H,8,10H2,1-2H3,(H2,19,20).